The van der Waals surface area contributed by atoms with Gasteiger partial charge in [-0.15, -0.1) is 11.3 Å². The van der Waals surface area contributed by atoms with Crippen LogP contribution in [0.3, 0.4) is 0 Å². The number of nitrogens with zero attached hydrogens (tertiary/aromatic N) is 3. The Hall–Kier alpha value is -1.05. The van der Waals surface area contributed by atoms with E-state index in [1.54, 1.807) is 11.3 Å². The number of ether oxygens (including phenoxy) is 1. The van der Waals surface area contributed by atoms with Crippen molar-refractivity contribution in [2.45, 2.75) is 50.4 Å². The molecule has 0 bridgehead atoms. The molecule has 2 aromatic heterocycles. The second kappa shape index (κ2) is 8.31. The highest BCUT2D eigenvalue weighted by Crippen LogP contribution is 2.36. The molecule has 2 atom stereocenters. The Labute approximate surface area is 163 Å². The summed E-state index contributed by atoms with van der Waals surface area (Å²) in [5, 5.41) is 3.76. The van der Waals surface area contributed by atoms with E-state index in [0.717, 1.165) is 39.2 Å². The molecule has 0 unspecified atom stereocenters. The van der Waals surface area contributed by atoms with Crippen LogP contribution in [0.2, 0.25) is 4.47 Å². The minimum Gasteiger partial charge on any atom is -0.371 e. The second-order valence-corrected chi connectivity index (χ2v) is 8.94. The molecule has 26 heavy (non-hydrogen) atoms. The third kappa shape index (κ3) is 4.26. The van der Waals surface area contributed by atoms with Crippen molar-refractivity contribution in [3.8, 4) is 0 Å². The summed E-state index contributed by atoms with van der Waals surface area (Å²) < 4.78 is 7.04. The van der Waals surface area contributed by atoms with Crippen molar-refractivity contribution in [1.29, 1.82) is 0 Å². The Morgan fingerprint density at radius 3 is 3.15 bits per heavy atom. The minimum absolute atomic E-state index is 0.0901. The molecule has 5 nitrogen and oxygen atoms in total. The highest BCUT2D eigenvalue weighted by Gasteiger charge is 2.44. The van der Waals surface area contributed by atoms with E-state index in [1.165, 1.54) is 29.7 Å². The van der Waals surface area contributed by atoms with E-state index in [9.17, 15) is 0 Å². The molecule has 4 rings (SSSR count). The van der Waals surface area contributed by atoms with Crippen LogP contribution in [-0.4, -0.2) is 46.2 Å². The predicted octanol–water partition coefficient (Wildman–Crippen LogP) is 3.49. The molecule has 2 aromatic rings. The molecule has 1 spiro atoms. The first kappa shape index (κ1) is 18.3. The lowest BCUT2D eigenvalue weighted by atomic mass is 9.78. The second-order valence-electron chi connectivity index (χ2n) is 7.24. The van der Waals surface area contributed by atoms with Crippen LogP contribution < -0.4 is 5.32 Å². The van der Waals surface area contributed by atoms with Crippen LogP contribution in [-0.2, 0) is 17.8 Å². The number of rotatable bonds is 5. The number of pyridine rings is 1. The zero-order chi connectivity index (χ0) is 17.8. The largest absolute Gasteiger partial charge is 0.371 e. The van der Waals surface area contributed by atoms with E-state index in [4.69, 9.17) is 16.3 Å². The van der Waals surface area contributed by atoms with Gasteiger partial charge in [-0.2, -0.15) is 0 Å². The molecule has 0 radical (unpaired) electrons. The van der Waals surface area contributed by atoms with E-state index >= 15 is 0 Å². The molecule has 2 fully saturated rings. The number of morpholine rings is 1. The fourth-order valence-electron chi connectivity index (χ4n) is 4.20. The van der Waals surface area contributed by atoms with Crippen LogP contribution in [0, 0.1) is 0 Å². The lowest BCUT2D eigenvalue weighted by Gasteiger charge is -2.50. The first-order valence-corrected chi connectivity index (χ1v) is 10.5. The molecule has 0 aromatic carbocycles. The van der Waals surface area contributed by atoms with E-state index in [-0.39, 0.29) is 5.60 Å². The van der Waals surface area contributed by atoms with Gasteiger partial charge in [0.05, 0.1) is 12.2 Å². The molecule has 140 valence electrons. The lowest BCUT2D eigenvalue weighted by molar-refractivity contribution is -0.145. The van der Waals surface area contributed by atoms with Crippen LogP contribution in [0.5, 0.6) is 0 Å². The summed E-state index contributed by atoms with van der Waals surface area (Å²) in [7, 11) is 0. The Bertz CT molecular complexity index is 709. The zero-order valence-electron chi connectivity index (χ0n) is 14.9. The van der Waals surface area contributed by atoms with Crippen LogP contribution in [0.1, 0.15) is 36.1 Å². The van der Waals surface area contributed by atoms with Crippen molar-refractivity contribution in [2.24, 2.45) is 0 Å². The first-order valence-electron chi connectivity index (χ1n) is 9.32. The van der Waals surface area contributed by atoms with E-state index in [2.05, 4.69) is 26.3 Å². The third-order valence-corrected chi connectivity index (χ3v) is 6.55. The average Bonchev–Trinajstić information content (AvgIpc) is 3.07. The van der Waals surface area contributed by atoms with Gasteiger partial charge in [0.1, 0.15) is 0 Å². The summed E-state index contributed by atoms with van der Waals surface area (Å²) in [5.74, 6) is 0. The number of nitrogens with one attached hydrogen (secondary N) is 1. The molecule has 1 saturated heterocycles. The van der Waals surface area contributed by atoms with Crippen molar-refractivity contribution in [1.82, 2.24) is 20.2 Å². The number of halogens is 1. The maximum absolute atomic E-state index is 6.42. The van der Waals surface area contributed by atoms with E-state index in [0.29, 0.717) is 10.5 Å². The quantitative estimate of drug-likeness (QED) is 0.843. The van der Waals surface area contributed by atoms with Crippen LogP contribution in [0.4, 0.5) is 0 Å². The highest BCUT2D eigenvalue weighted by molar-refractivity contribution is 7.15. The maximum Gasteiger partial charge on any atom is 0.183 e. The monoisotopic (exact) mass is 392 g/mol. The van der Waals surface area contributed by atoms with Gasteiger partial charge in [0.2, 0.25) is 0 Å². The number of hydrogen-bond acceptors (Lipinski definition) is 6. The van der Waals surface area contributed by atoms with Gasteiger partial charge in [-0.3, -0.25) is 9.88 Å². The third-order valence-electron chi connectivity index (χ3n) is 5.45. The summed E-state index contributed by atoms with van der Waals surface area (Å²) in [4.78, 5) is 12.1. The van der Waals surface area contributed by atoms with Crippen molar-refractivity contribution in [2.75, 3.05) is 19.7 Å². The molecule has 1 saturated carbocycles. The molecule has 2 aliphatic rings. The van der Waals surface area contributed by atoms with Crippen LogP contribution in [0.25, 0.3) is 0 Å². The van der Waals surface area contributed by atoms with Gasteiger partial charge >= 0.3 is 0 Å². The lowest BCUT2D eigenvalue weighted by Crippen LogP contribution is -2.63. The standard InChI is InChI=1S/C19H25ClN4OS/c20-18-23-12-16(26-18)13-24-8-9-25-19(14-24)6-2-1-5-17(19)22-11-15-4-3-7-21-10-15/h3-4,7,10,12,17,22H,1-2,5-6,8-9,11,13-14H2/t17-,19+/m0/s1. The topological polar surface area (TPSA) is 50.3 Å². The normalized spacial score (nSPS) is 27.0. The fourth-order valence-corrected chi connectivity index (χ4v) is 5.22. The summed E-state index contributed by atoms with van der Waals surface area (Å²) in [6.45, 7) is 4.47. The summed E-state index contributed by atoms with van der Waals surface area (Å²) in [5.41, 5.74) is 1.13. The highest BCUT2D eigenvalue weighted by atomic mass is 35.5. The minimum atomic E-state index is -0.0901. The van der Waals surface area contributed by atoms with Gasteiger partial charge in [0.25, 0.3) is 0 Å². The van der Waals surface area contributed by atoms with Crippen molar-refractivity contribution < 1.29 is 4.74 Å². The molecular weight excluding hydrogens is 368 g/mol. The fraction of sp³-hybridized carbons (Fsp3) is 0.579. The Balaban J connectivity index is 1.42. The van der Waals surface area contributed by atoms with Gasteiger partial charge in [0.15, 0.2) is 4.47 Å². The molecular formula is C19H25ClN4OS. The van der Waals surface area contributed by atoms with Gasteiger partial charge in [-0.05, 0) is 24.5 Å². The van der Waals surface area contributed by atoms with Gasteiger partial charge in [0, 0.05) is 55.7 Å². The SMILES string of the molecule is Clc1ncc(CN2CCO[C@]3(CCCC[C@@H]3NCc3cccnc3)C2)s1. The molecule has 3 heterocycles. The Kier molecular flexibility index (Phi) is 5.86. The molecule has 7 heteroatoms. The number of aromatic nitrogens is 2. The summed E-state index contributed by atoms with van der Waals surface area (Å²) in [6.07, 6.45) is 10.4. The van der Waals surface area contributed by atoms with Crippen molar-refractivity contribution in [3.05, 3.63) is 45.6 Å². The average molecular weight is 393 g/mol. The van der Waals surface area contributed by atoms with E-state index in [1.807, 2.05) is 24.7 Å². The van der Waals surface area contributed by atoms with Gasteiger partial charge < -0.3 is 10.1 Å². The molecule has 1 aliphatic heterocycles. The van der Waals surface area contributed by atoms with E-state index < -0.39 is 0 Å². The van der Waals surface area contributed by atoms with Crippen molar-refractivity contribution in [3.63, 3.8) is 0 Å². The Morgan fingerprint density at radius 1 is 1.38 bits per heavy atom. The molecule has 1 N–H and O–H groups in total. The van der Waals surface area contributed by atoms with Crippen LogP contribution in [0.15, 0.2) is 30.7 Å². The Morgan fingerprint density at radius 2 is 2.35 bits per heavy atom. The summed E-state index contributed by atoms with van der Waals surface area (Å²) in [6, 6.07) is 4.49. The maximum atomic E-state index is 6.42. The van der Waals surface area contributed by atoms with Crippen molar-refractivity contribution >= 4 is 22.9 Å². The van der Waals surface area contributed by atoms with Gasteiger partial charge in [-0.25, -0.2) is 4.98 Å². The summed E-state index contributed by atoms with van der Waals surface area (Å²) >= 11 is 7.57. The number of hydrogen-bond donors (Lipinski definition) is 1. The van der Waals surface area contributed by atoms with Crippen LogP contribution >= 0.6 is 22.9 Å². The number of thiazole rings is 1. The zero-order valence-corrected chi connectivity index (χ0v) is 16.4. The smallest absolute Gasteiger partial charge is 0.183 e. The first-order chi connectivity index (χ1) is 12.7. The van der Waals surface area contributed by atoms with Gasteiger partial charge in [-0.1, -0.05) is 30.5 Å². The molecule has 0 amide bonds. The predicted molar refractivity (Wildman–Crippen MR) is 104 cm³/mol. The molecule has 1 aliphatic carbocycles.